The number of hydrogen-bond donors (Lipinski definition) is 1. The Morgan fingerprint density at radius 1 is 1.44 bits per heavy atom. The molecule has 1 aromatic rings. The van der Waals surface area contributed by atoms with Gasteiger partial charge in [0, 0.05) is 18.8 Å². The Morgan fingerprint density at radius 3 is 2.94 bits per heavy atom. The summed E-state index contributed by atoms with van der Waals surface area (Å²) in [7, 11) is 0. The third kappa shape index (κ3) is 3.77. The van der Waals surface area contributed by atoms with Crippen molar-refractivity contribution < 1.29 is 4.74 Å². The van der Waals surface area contributed by atoms with E-state index in [1.807, 2.05) is 0 Å². The highest BCUT2D eigenvalue weighted by molar-refractivity contribution is 5.08. The van der Waals surface area contributed by atoms with Gasteiger partial charge in [-0.05, 0) is 18.8 Å². The van der Waals surface area contributed by atoms with Gasteiger partial charge in [-0.15, -0.1) is 0 Å². The molecule has 0 spiro atoms. The van der Waals surface area contributed by atoms with Gasteiger partial charge in [-0.3, -0.25) is 4.98 Å². The summed E-state index contributed by atoms with van der Waals surface area (Å²) in [5.41, 5.74) is 0.932. The summed E-state index contributed by atoms with van der Waals surface area (Å²) in [6.45, 7) is 5.75. The molecule has 1 aliphatic carbocycles. The van der Waals surface area contributed by atoms with Crippen LogP contribution in [0.4, 0.5) is 0 Å². The molecule has 4 heteroatoms. The highest BCUT2D eigenvalue weighted by Crippen LogP contribution is 2.29. The fraction of sp³-hybridized carbons (Fsp3) is 0.667. The summed E-state index contributed by atoms with van der Waals surface area (Å²) < 4.78 is 5.58. The predicted molar refractivity (Wildman–Crippen MR) is 62.2 cm³/mol. The minimum Gasteiger partial charge on any atom is -0.476 e. The van der Waals surface area contributed by atoms with Crippen molar-refractivity contribution >= 4 is 0 Å². The van der Waals surface area contributed by atoms with Crippen LogP contribution in [0.15, 0.2) is 12.4 Å². The smallest absolute Gasteiger partial charge is 0.232 e. The van der Waals surface area contributed by atoms with Gasteiger partial charge in [-0.1, -0.05) is 13.8 Å². The van der Waals surface area contributed by atoms with E-state index in [0.717, 1.165) is 24.8 Å². The fourth-order valence-electron chi connectivity index (χ4n) is 1.34. The Labute approximate surface area is 96.4 Å². The Bertz CT molecular complexity index is 316. The third-order valence-electron chi connectivity index (χ3n) is 2.52. The second-order valence-corrected chi connectivity index (χ2v) is 4.64. The molecule has 0 atom stereocenters. The minimum absolute atomic E-state index is 0.456. The minimum atomic E-state index is 0.456. The predicted octanol–water partition coefficient (Wildman–Crippen LogP) is 1.76. The number of rotatable bonds is 6. The van der Waals surface area contributed by atoms with E-state index in [-0.39, 0.29) is 0 Å². The van der Waals surface area contributed by atoms with Gasteiger partial charge >= 0.3 is 0 Å². The molecule has 4 nitrogen and oxygen atoms in total. The van der Waals surface area contributed by atoms with E-state index in [0.29, 0.717) is 11.9 Å². The zero-order chi connectivity index (χ0) is 11.4. The van der Waals surface area contributed by atoms with Crippen LogP contribution < -0.4 is 10.1 Å². The molecule has 0 aliphatic heterocycles. The van der Waals surface area contributed by atoms with Crippen LogP contribution in [0.25, 0.3) is 0 Å². The van der Waals surface area contributed by atoms with E-state index in [9.17, 15) is 0 Å². The van der Waals surface area contributed by atoms with Gasteiger partial charge in [0.2, 0.25) is 5.88 Å². The average Bonchev–Trinajstić information content (AvgIpc) is 3.08. The van der Waals surface area contributed by atoms with Crippen LogP contribution in [0.5, 0.6) is 5.88 Å². The van der Waals surface area contributed by atoms with E-state index in [1.165, 1.54) is 12.8 Å². The summed E-state index contributed by atoms with van der Waals surface area (Å²) >= 11 is 0. The normalized spacial score (nSPS) is 15.4. The number of nitrogens with zero attached hydrogens (tertiary/aromatic N) is 2. The molecule has 1 N–H and O–H groups in total. The van der Waals surface area contributed by atoms with E-state index in [4.69, 9.17) is 4.74 Å². The molecule has 1 fully saturated rings. The lowest BCUT2D eigenvalue weighted by molar-refractivity contribution is 0.286. The largest absolute Gasteiger partial charge is 0.476 e. The number of ether oxygens (including phenoxy) is 1. The molecule has 0 amide bonds. The fourth-order valence-corrected chi connectivity index (χ4v) is 1.34. The van der Waals surface area contributed by atoms with Gasteiger partial charge in [0.25, 0.3) is 0 Å². The monoisotopic (exact) mass is 221 g/mol. The lowest BCUT2D eigenvalue weighted by Gasteiger charge is -2.08. The van der Waals surface area contributed by atoms with Gasteiger partial charge in [0.05, 0.1) is 18.5 Å². The molecule has 0 unspecified atom stereocenters. The summed E-state index contributed by atoms with van der Waals surface area (Å²) in [6.07, 6.45) is 6.05. The standard InChI is InChI=1S/C12H19N3O/c1-9(2)14-6-11-5-13-7-12(15-11)16-8-10-3-4-10/h5,7,9-10,14H,3-4,6,8H2,1-2H3. The molecule has 16 heavy (non-hydrogen) atoms. The Balaban J connectivity index is 1.84. The maximum Gasteiger partial charge on any atom is 0.232 e. The zero-order valence-electron chi connectivity index (χ0n) is 9.94. The highest BCUT2D eigenvalue weighted by atomic mass is 16.5. The topological polar surface area (TPSA) is 47.0 Å². The van der Waals surface area contributed by atoms with Crippen molar-refractivity contribution in [1.29, 1.82) is 0 Å². The van der Waals surface area contributed by atoms with E-state index in [2.05, 4.69) is 29.1 Å². The van der Waals surface area contributed by atoms with Crippen molar-refractivity contribution in [2.45, 2.75) is 39.3 Å². The van der Waals surface area contributed by atoms with E-state index < -0.39 is 0 Å². The van der Waals surface area contributed by atoms with Crippen LogP contribution in [0, 0.1) is 5.92 Å². The zero-order valence-corrected chi connectivity index (χ0v) is 9.94. The molecule has 1 saturated carbocycles. The summed E-state index contributed by atoms with van der Waals surface area (Å²) in [4.78, 5) is 8.53. The van der Waals surface area contributed by atoms with Crippen LogP contribution in [-0.2, 0) is 6.54 Å². The van der Waals surface area contributed by atoms with E-state index >= 15 is 0 Å². The van der Waals surface area contributed by atoms with Crippen LogP contribution in [0.3, 0.4) is 0 Å². The average molecular weight is 221 g/mol. The Kier molecular flexibility index (Phi) is 3.72. The number of aromatic nitrogens is 2. The van der Waals surface area contributed by atoms with E-state index in [1.54, 1.807) is 12.4 Å². The van der Waals surface area contributed by atoms with Gasteiger partial charge in [-0.25, -0.2) is 4.98 Å². The maximum atomic E-state index is 5.58. The number of nitrogens with one attached hydrogen (secondary N) is 1. The molecule has 88 valence electrons. The molecule has 1 heterocycles. The lowest BCUT2D eigenvalue weighted by atomic mass is 10.3. The second-order valence-electron chi connectivity index (χ2n) is 4.64. The van der Waals surface area contributed by atoms with Crippen molar-refractivity contribution in [2.24, 2.45) is 5.92 Å². The summed E-state index contributed by atoms with van der Waals surface area (Å²) in [6, 6.07) is 0.456. The first-order chi connectivity index (χ1) is 7.74. The van der Waals surface area contributed by atoms with Crippen LogP contribution in [-0.4, -0.2) is 22.6 Å². The lowest BCUT2D eigenvalue weighted by Crippen LogP contribution is -2.22. The SMILES string of the molecule is CC(C)NCc1cncc(OCC2CC2)n1. The van der Waals surface area contributed by atoms with Gasteiger partial charge in [0.15, 0.2) is 0 Å². The molecule has 1 aromatic heterocycles. The third-order valence-corrected chi connectivity index (χ3v) is 2.52. The first kappa shape index (κ1) is 11.3. The molecular formula is C12H19N3O. The van der Waals surface area contributed by atoms with Crippen molar-refractivity contribution in [3.05, 3.63) is 18.1 Å². The molecular weight excluding hydrogens is 202 g/mol. The van der Waals surface area contributed by atoms with Crippen molar-refractivity contribution in [2.75, 3.05) is 6.61 Å². The first-order valence-electron chi connectivity index (χ1n) is 5.91. The summed E-state index contributed by atoms with van der Waals surface area (Å²) in [5, 5.41) is 3.31. The van der Waals surface area contributed by atoms with Crippen LogP contribution in [0.1, 0.15) is 32.4 Å². The van der Waals surface area contributed by atoms with Crippen molar-refractivity contribution in [3.63, 3.8) is 0 Å². The van der Waals surface area contributed by atoms with Crippen LogP contribution in [0.2, 0.25) is 0 Å². The Morgan fingerprint density at radius 2 is 2.25 bits per heavy atom. The van der Waals surface area contributed by atoms with Gasteiger partial charge < -0.3 is 10.1 Å². The van der Waals surface area contributed by atoms with Crippen molar-refractivity contribution in [1.82, 2.24) is 15.3 Å². The molecule has 2 rings (SSSR count). The summed E-state index contributed by atoms with van der Waals surface area (Å²) in [5.74, 6) is 1.40. The highest BCUT2D eigenvalue weighted by Gasteiger charge is 2.22. The molecule has 0 aromatic carbocycles. The quantitative estimate of drug-likeness (QED) is 0.795. The second kappa shape index (κ2) is 5.25. The molecule has 1 aliphatic rings. The van der Waals surface area contributed by atoms with Gasteiger partial charge in [-0.2, -0.15) is 0 Å². The van der Waals surface area contributed by atoms with Crippen LogP contribution >= 0.6 is 0 Å². The maximum absolute atomic E-state index is 5.58. The molecule has 0 radical (unpaired) electrons. The molecule has 0 saturated heterocycles. The Hall–Kier alpha value is -1.16. The first-order valence-corrected chi connectivity index (χ1v) is 5.91. The van der Waals surface area contributed by atoms with Gasteiger partial charge in [0.1, 0.15) is 0 Å². The molecule has 0 bridgehead atoms. The number of hydrogen-bond acceptors (Lipinski definition) is 4. The van der Waals surface area contributed by atoms with Crippen molar-refractivity contribution in [3.8, 4) is 5.88 Å².